The van der Waals surface area contributed by atoms with Crippen LogP contribution in [0.5, 0.6) is 0 Å². The number of hydrogen-bond donors (Lipinski definition) is 1. The number of anilines is 1. The van der Waals surface area contributed by atoms with Crippen LogP contribution < -0.4 is 10.8 Å². The van der Waals surface area contributed by atoms with Gasteiger partial charge in [-0.2, -0.15) is 0 Å². The monoisotopic (exact) mass is 276 g/mol. The van der Waals surface area contributed by atoms with Gasteiger partial charge < -0.3 is 5.32 Å². The normalized spacial score (nSPS) is 21.1. The van der Waals surface area contributed by atoms with E-state index in [4.69, 9.17) is 0 Å². The smallest absolute Gasteiger partial charge is 0.182 e. The van der Waals surface area contributed by atoms with Gasteiger partial charge in [0.2, 0.25) is 0 Å². The molecule has 1 nitrogen and oxygen atoms in total. The van der Waals surface area contributed by atoms with Gasteiger partial charge in [0.1, 0.15) is 5.82 Å². The van der Waals surface area contributed by atoms with Gasteiger partial charge in [0.15, 0.2) is 7.28 Å². The summed E-state index contributed by atoms with van der Waals surface area (Å²) in [5.74, 6) is 1.94. The second-order valence-corrected chi connectivity index (χ2v) is 6.36. The van der Waals surface area contributed by atoms with E-state index in [0.29, 0.717) is 0 Å². The van der Waals surface area contributed by atoms with Crippen molar-refractivity contribution in [1.29, 1.82) is 0 Å². The maximum absolute atomic E-state index is 13.6. The van der Waals surface area contributed by atoms with E-state index >= 15 is 0 Å². The number of para-hydroxylation sites is 1. The van der Waals surface area contributed by atoms with E-state index < -0.39 is 0 Å². The van der Waals surface area contributed by atoms with Crippen molar-refractivity contribution in [3.05, 3.63) is 65.4 Å². The molecule has 0 saturated heterocycles. The van der Waals surface area contributed by atoms with Gasteiger partial charge in [0.25, 0.3) is 0 Å². The maximum Gasteiger partial charge on any atom is 0.182 e. The number of rotatable bonds is 1. The van der Waals surface area contributed by atoms with Crippen LogP contribution in [0.15, 0.2) is 48.4 Å². The Bertz CT molecular complexity index is 764. The molecule has 2 aromatic rings. The Balaban J connectivity index is 1.80. The number of nitrogens with one attached hydrogen (secondary N) is 1. The lowest BCUT2D eigenvalue weighted by atomic mass is 9.73. The summed E-state index contributed by atoms with van der Waals surface area (Å²) >= 11 is 0. The highest BCUT2D eigenvalue weighted by Crippen LogP contribution is 2.45. The van der Waals surface area contributed by atoms with E-state index in [0.717, 1.165) is 11.0 Å². The van der Waals surface area contributed by atoms with Crippen molar-refractivity contribution >= 4 is 24.0 Å². The first kappa shape index (κ1) is 12.7. The van der Waals surface area contributed by atoms with Gasteiger partial charge in [0, 0.05) is 11.1 Å². The molecule has 0 fully saturated rings. The number of hydrogen-bond acceptors (Lipinski definition) is 1. The van der Waals surface area contributed by atoms with Crippen LogP contribution in [0.3, 0.4) is 0 Å². The van der Waals surface area contributed by atoms with Crippen molar-refractivity contribution in [1.82, 2.24) is 0 Å². The summed E-state index contributed by atoms with van der Waals surface area (Å²) in [6.45, 7) is 4.49. The average molecular weight is 276 g/mol. The first-order valence-electron chi connectivity index (χ1n) is 7.28. The predicted molar refractivity (Wildman–Crippen MR) is 86.6 cm³/mol. The Labute approximate surface area is 125 Å². The number of fused-ring (bicyclic) bond motifs is 2. The molecule has 1 radical (unpaired) electrons. The summed E-state index contributed by atoms with van der Waals surface area (Å²) in [6, 6.07) is 13.6. The fourth-order valence-electron chi connectivity index (χ4n) is 3.57. The fraction of sp³-hybridized carbons (Fsp3) is 0.222. The third-order valence-corrected chi connectivity index (χ3v) is 4.72. The van der Waals surface area contributed by atoms with Gasteiger partial charge in [-0.15, -0.1) is 5.98 Å². The second kappa shape index (κ2) is 4.23. The molecule has 1 unspecified atom stereocenters. The fourth-order valence-corrected chi connectivity index (χ4v) is 3.57. The largest absolute Gasteiger partial charge is 0.377 e. The van der Waals surface area contributed by atoms with E-state index in [1.165, 1.54) is 22.9 Å². The van der Waals surface area contributed by atoms with Crippen LogP contribution in [-0.4, -0.2) is 13.3 Å². The van der Waals surface area contributed by atoms with Gasteiger partial charge in [-0.3, -0.25) is 0 Å². The van der Waals surface area contributed by atoms with Crippen molar-refractivity contribution in [2.24, 2.45) is 0 Å². The zero-order chi connectivity index (χ0) is 14.6. The molecule has 103 valence electrons. The summed E-state index contributed by atoms with van der Waals surface area (Å²) in [4.78, 5) is 0. The average Bonchev–Trinajstić information content (AvgIpc) is 2.98. The molecule has 4 rings (SSSR count). The van der Waals surface area contributed by atoms with Crippen molar-refractivity contribution in [3.8, 4) is 0 Å². The van der Waals surface area contributed by atoms with Crippen LogP contribution >= 0.6 is 0 Å². The topological polar surface area (TPSA) is 12.0 Å². The minimum atomic E-state index is -0.178. The first-order valence-corrected chi connectivity index (χ1v) is 7.28. The highest BCUT2D eigenvalue weighted by molar-refractivity contribution is 6.63. The molecular formula is C18H16BFN. The summed E-state index contributed by atoms with van der Waals surface area (Å²) in [5, 5.41) is 3.62. The molecule has 0 aliphatic carbocycles. The van der Waals surface area contributed by atoms with Crippen LogP contribution in [0.1, 0.15) is 25.0 Å². The number of halogens is 1. The van der Waals surface area contributed by atoms with Crippen molar-refractivity contribution in [2.75, 3.05) is 5.32 Å². The van der Waals surface area contributed by atoms with E-state index in [2.05, 4.69) is 50.6 Å². The summed E-state index contributed by atoms with van der Waals surface area (Å²) in [7, 11) is 2.07. The second-order valence-electron chi connectivity index (χ2n) is 6.36. The molecule has 0 amide bonds. The third-order valence-electron chi connectivity index (χ3n) is 4.72. The SMILES string of the molecule is CC1(C)c2ccccc2NC1C1=C[B]c2ccc(F)cc21. The Morgan fingerprint density at radius 3 is 2.76 bits per heavy atom. The van der Waals surface area contributed by atoms with Crippen LogP contribution in [0.25, 0.3) is 5.57 Å². The molecule has 0 bridgehead atoms. The van der Waals surface area contributed by atoms with Crippen molar-refractivity contribution in [2.45, 2.75) is 25.3 Å². The van der Waals surface area contributed by atoms with Gasteiger partial charge in [0.05, 0.1) is 6.04 Å². The molecule has 0 spiro atoms. The lowest BCUT2D eigenvalue weighted by Crippen LogP contribution is -2.34. The minimum absolute atomic E-state index is 0.0236. The maximum atomic E-state index is 13.6. The van der Waals surface area contributed by atoms with Gasteiger partial charge in [-0.1, -0.05) is 43.6 Å². The van der Waals surface area contributed by atoms with Crippen LogP contribution in [0, 0.1) is 5.82 Å². The standard InChI is InChI=1S/C18H16BFN/c1-18(2)14-5-3-4-6-16(14)21-17(18)13-10-19-15-8-7-11(20)9-12(13)15/h3-10,17,21H,1-2H3. The molecular weight excluding hydrogens is 260 g/mol. The van der Waals surface area contributed by atoms with E-state index in [-0.39, 0.29) is 17.3 Å². The van der Waals surface area contributed by atoms with Crippen molar-refractivity contribution in [3.63, 3.8) is 0 Å². The predicted octanol–water partition coefficient (Wildman–Crippen LogP) is 3.28. The zero-order valence-corrected chi connectivity index (χ0v) is 12.2. The lowest BCUT2D eigenvalue weighted by Gasteiger charge is -2.29. The molecule has 21 heavy (non-hydrogen) atoms. The molecule has 0 aromatic heterocycles. The highest BCUT2D eigenvalue weighted by Gasteiger charge is 2.42. The summed E-state index contributed by atoms with van der Waals surface area (Å²) in [5.41, 5.74) is 5.75. The Morgan fingerprint density at radius 2 is 1.95 bits per heavy atom. The molecule has 2 heterocycles. The Hall–Kier alpha value is -2.03. The highest BCUT2D eigenvalue weighted by atomic mass is 19.1. The molecule has 2 aromatic carbocycles. The quantitative estimate of drug-likeness (QED) is 0.788. The van der Waals surface area contributed by atoms with Crippen LogP contribution in [0.2, 0.25) is 0 Å². The number of benzene rings is 2. The van der Waals surface area contributed by atoms with Crippen molar-refractivity contribution < 1.29 is 4.39 Å². The van der Waals surface area contributed by atoms with Crippen LogP contribution in [-0.2, 0) is 5.41 Å². The molecule has 1 atom stereocenters. The van der Waals surface area contributed by atoms with Gasteiger partial charge in [-0.05, 0) is 34.9 Å². The zero-order valence-electron chi connectivity index (χ0n) is 12.2. The summed E-state index contributed by atoms with van der Waals surface area (Å²) in [6.07, 6.45) is 0. The molecule has 2 aliphatic heterocycles. The first-order chi connectivity index (χ1) is 10.1. The van der Waals surface area contributed by atoms with Crippen LogP contribution in [0.4, 0.5) is 10.1 Å². The van der Waals surface area contributed by atoms with E-state index in [1.807, 2.05) is 12.1 Å². The van der Waals surface area contributed by atoms with Gasteiger partial charge >= 0.3 is 0 Å². The lowest BCUT2D eigenvalue weighted by molar-refractivity contribution is 0.527. The molecule has 3 heteroatoms. The summed E-state index contributed by atoms with van der Waals surface area (Å²) < 4.78 is 13.6. The molecule has 2 aliphatic rings. The molecule has 1 N–H and O–H groups in total. The third kappa shape index (κ3) is 1.77. The Morgan fingerprint density at radius 1 is 1.14 bits per heavy atom. The van der Waals surface area contributed by atoms with E-state index in [9.17, 15) is 4.39 Å². The Kier molecular flexibility index (Phi) is 2.56. The molecule has 0 saturated carbocycles. The minimum Gasteiger partial charge on any atom is -0.377 e. The van der Waals surface area contributed by atoms with Gasteiger partial charge in [-0.25, -0.2) is 4.39 Å². The van der Waals surface area contributed by atoms with E-state index in [1.54, 1.807) is 6.07 Å².